The summed E-state index contributed by atoms with van der Waals surface area (Å²) < 4.78 is 18.5. The van der Waals surface area contributed by atoms with Crippen molar-refractivity contribution in [3.05, 3.63) is 34.1 Å². The number of hydrogen-bond donors (Lipinski definition) is 0. The van der Waals surface area contributed by atoms with E-state index in [0.29, 0.717) is 19.6 Å². The minimum absolute atomic E-state index is 0.0306. The Balaban J connectivity index is 1.89. The third-order valence-electron chi connectivity index (χ3n) is 2.82. The fraction of sp³-hybridized carbons (Fsp3) is 0.417. The Labute approximate surface area is 108 Å². The van der Waals surface area contributed by atoms with E-state index in [9.17, 15) is 9.18 Å². The van der Waals surface area contributed by atoms with Gasteiger partial charge in [-0.3, -0.25) is 9.69 Å². The molecule has 1 aliphatic heterocycles. The molecule has 1 aromatic carbocycles. The van der Waals surface area contributed by atoms with Gasteiger partial charge in [0.1, 0.15) is 5.82 Å². The topological polar surface area (TPSA) is 29.5 Å². The van der Waals surface area contributed by atoms with Crippen LogP contribution in [0.1, 0.15) is 5.56 Å². The van der Waals surface area contributed by atoms with Gasteiger partial charge >= 0.3 is 5.97 Å². The molecule has 1 aliphatic rings. The Hall–Kier alpha value is -0.940. The van der Waals surface area contributed by atoms with Crippen molar-refractivity contribution in [2.24, 2.45) is 5.92 Å². The first-order chi connectivity index (χ1) is 8.08. The number of ether oxygens (including phenoxy) is 1. The molecule has 1 aromatic rings. The van der Waals surface area contributed by atoms with Gasteiger partial charge in [-0.1, -0.05) is 15.9 Å². The molecule has 5 heteroatoms. The summed E-state index contributed by atoms with van der Waals surface area (Å²) in [5, 5.41) is 0. The lowest BCUT2D eigenvalue weighted by molar-refractivity contribution is -0.151. The van der Waals surface area contributed by atoms with Gasteiger partial charge in [0.15, 0.2) is 0 Å². The molecule has 0 spiro atoms. The lowest BCUT2D eigenvalue weighted by Crippen LogP contribution is -2.49. The lowest BCUT2D eigenvalue weighted by atomic mass is 9.99. The van der Waals surface area contributed by atoms with Crippen LogP contribution in [0.2, 0.25) is 0 Å². The minimum Gasteiger partial charge on any atom is -0.469 e. The monoisotopic (exact) mass is 301 g/mol. The van der Waals surface area contributed by atoms with Crippen LogP contribution in [0.4, 0.5) is 4.39 Å². The average Bonchev–Trinajstić information content (AvgIpc) is 2.20. The van der Waals surface area contributed by atoms with Crippen molar-refractivity contribution in [3.8, 4) is 0 Å². The lowest BCUT2D eigenvalue weighted by Gasteiger charge is -2.37. The van der Waals surface area contributed by atoms with Crippen molar-refractivity contribution in [2.45, 2.75) is 6.54 Å². The third-order valence-corrected chi connectivity index (χ3v) is 3.28. The first-order valence-corrected chi connectivity index (χ1v) is 6.13. The molecule has 3 nitrogen and oxygen atoms in total. The first kappa shape index (κ1) is 12.5. The Morgan fingerprint density at radius 1 is 1.53 bits per heavy atom. The van der Waals surface area contributed by atoms with Crippen LogP contribution in [0.25, 0.3) is 0 Å². The van der Waals surface area contributed by atoms with Crippen LogP contribution in [-0.4, -0.2) is 31.1 Å². The molecule has 0 bridgehead atoms. The fourth-order valence-corrected chi connectivity index (χ4v) is 2.49. The van der Waals surface area contributed by atoms with E-state index in [0.717, 1.165) is 10.0 Å². The van der Waals surface area contributed by atoms with E-state index in [1.807, 2.05) is 6.07 Å². The molecule has 0 N–H and O–H groups in total. The summed E-state index contributed by atoms with van der Waals surface area (Å²) >= 11 is 3.26. The molecule has 0 amide bonds. The normalized spacial score (nSPS) is 16.6. The summed E-state index contributed by atoms with van der Waals surface area (Å²) in [4.78, 5) is 13.3. The second kappa shape index (κ2) is 5.14. The van der Waals surface area contributed by atoms with Gasteiger partial charge in [0, 0.05) is 24.1 Å². The maximum absolute atomic E-state index is 13.1. The molecule has 1 saturated heterocycles. The molecule has 0 atom stereocenters. The van der Waals surface area contributed by atoms with Gasteiger partial charge in [-0.25, -0.2) is 4.39 Å². The van der Waals surface area contributed by atoms with E-state index in [1.54, 1.807) is 0 Å². The SMILES string of the molecule is COC(=O)C1CN(Cc2cc(F)cc(Br)c2)C1. The van der Waals surface area contributed by atoms with Crippen molar-refractivity contribution < 1.29 is 13.9 Å². The number of esters is 1. The van der Waals surface area contributed by atoms with Gasteiger partial charge in [-0.2, -0.15) is 0 Å². The molecule has 2 rings (SSSR count). The zero-order valence-electron chi connectivity index (χ0n) is 9.45. The minimum atomic E-state index is -0.251. The van der Waals surface area contributed by atoms with Crippen molar-refractivity contribution in [3.63, 3.8) is 0 Å². The second-order valence-corrected chi connectivity index (χ2v) is 5.11. The highest BCUT2D eigenvalue weighted by Gasteiger charge is 2.33. The largest absolute Gasteiger partial charge is 0.469 e. The smallest absolute Gasteiger partial charge is 0.311 e. The molecule has 1 fully saturated rings. The predicted molar refractivity (Wildman–Crippen MR) is 64.9 cm³/mol. The number of likely N-dealkylation sites (tertiary alicyclic amines) is 1. The number of methoxy groups -OCH3 is 1. The van der Waals surface area contributed by atoms with Crippen LogP contribution in [0.5, 0.6) is 0 Å². The third kappa shape index (κ3) is 3.04. The number of carbonyl (C=O) groups is 1. The summed E-state index contributed by atoms with van der Waals surface area (Å²) in [6, 6.07) is 4.82. The van der Waals surface area contributed by atoms with Gasteiger partial charge in [0.05, 0.1) is 13.0 Å². The van der Waals surface area contributed by atoms with Crippen LogP contribution in [0.15, 0.2) is 22.7 Å². The highest BCUT2D eigenvalue weighted by Crippen LogP contribution is 2.22. The zero-order valence-corrected chi connectivity index (χ0v) is 11.0. The Bertz CT molecular complexity index is 412. The van der Waals surface area contributed by atoms with Crippen LogP contribution in [0.3, 0.4) is 0 Å². The van der Waals surface area contributed by atoms with Gasteiger partial charge in [-0.15, -0.1) is 0 Å². The molecule has 0 unspecified atom stereocenters. The molecule has 0 saturated carbocycles. The molecule has 0 aliphatic carbocycles. The predicted octanol–water partition coefficient (Wildman–Crippen LogP) is 2.19. The van der Waals surface area contributed by atoms with Gasteiger partial charge in [0.2, 0.25) is 0 Å². The van der Waals surface area contributed by atoms with Crippen molar-refractivity contribution >= 4 is 21.9 Å². The first-order valence-electron chi connectivity index (χ1n) is 5.33. The van der Waals surface area contributed by atoms with Crippen molar-refractivity contribution in [1.29, 1.82) is 0 Å². The molecule has 92 valence electrons. The van der Waals surface area contributed by atoms with Crippen molar-refractivity contribution in [2.75, 3.05) is 20.2 Å². The number of rotatable bonds is 3. The number of benzene rings is 1. The molecule has 0 aromatic heterocycles. The Morgan fingerprint density at radius 3 is 2.82 bits per heavy atom. The summed E-state index contributed by atoms with van der Waals surface area (Å²) in [5.74, 6) is -0.446. The number of carbonyl (C=O) groups excluding carboxylic acids is 1. The highest BCUT2D eigenvalue weighted by molar-refractivity contribution is 9.10. The summed E-state index contributed by atoms with van der Waals surface area (Å²) in [6.07, 6.45) is 0. The summed E-state index contributed by atoms with van der Waals surface area (Å²) in [5.41, 5.74) is 0.903. The molecular formula is C12H13BrFNO2. The van der Waals surface area contributed by atoms with E-state index < -0.39 is 0 Å². The van der Waals surface area contributed by atoms with Crippen LogP contribution in [-0.2, 0) is 16.1 Å². The van der Waals surface area contributed by atoms with Gasteiger partial charge < -0.3 is 4.74 Å². The number of halogens is 2. The Morgan fingerprint density at radius 2 is 2.24 bits per heavy atom. The fourth-order valence-electron chi connectivity index (χ4n) is 1.98. The highest BCUT2D eigenvalue weighted by atomic mass is 79.9. The molecule has 17 heavy (non-hydrogen) atoms. The standard InChI is InChI=1S/C12H13BrFNO2/c1-17-12(16)9-6-15(7-9)5-8-2-10(13)4-11(14)3-8/h2-4,9H,5-7H2,1H3. The maximum atomic E-state index is 13.1. The maximum Gasteiger partial charge on any atom is 0.311 e. The van der Waals surface area contributed by atoms with Crippen molar-refractivity contribution in [1.82, 2.24) is 4.90 Å². The van der Waals surface area contributed by atoms with E-state index in [2.05, 4.69) is 25.6 Å². The van der Waals surface area contributed by atoms with E-state index in [1.165, 1.54) is 19.2 Å². The van der Waals surface area contributed by atoms with Gasteiger partial charge in [-0.05, 0) is 23.8 Å². The Kier molecular flexibility index (Phi) is 3.79. The van der Waals surface area contributed by atoms with Gasteiger partial charge in [0.25, 0.3) is 0 Å². The van der Waals surface area contributed by atoms with Crippen LogP contribution < -0.4 is 0 Å². The van der Waals surface area contributed by atoms with E-state index in [4.69, 9.17) is 0 Å². The average molecular weight is 302 g/mol. The van der Waals surface area contributed by atoms with E-state index >= 15 is 0 Å². The van der Waals surface area contributed by atoms with E-state index in [-0.39, 0.29) is 17.7 Å². The number of nitrogens with zero attached hydrogens (tertiary/aromatic N) is 1. The molecule has 0 radical (unpaired) electrons. The molecule has 1 heterocycles. The van der Waals surface area contributed by atoms with Crippen LogP contribution in [0, 0.1) is 11.7 Å². The van der Waals surface area contributed by atoms with Crippen LogP contribution >= 0.6 is 15.9 Å². The zero-order chi connectivity index (χ0) is 12.4. The molecular weight excluding hydrogens is 289 g/mol. The quantitative estimate of drug-likeness (QED) is 0.802. The number of hydrogen-bond acceptors (Lipinski definition) is 3. The summed E-state index contributed by atoms with van der Waals surface area (Å²) in [7, 11) is 1.40. The summed E-state index contributed by atoms with van der Waals surface area (Å²) in [6.45, 7) is 2.02. The second-order valence-electron chi connectivity index (χ2n) is 4.19.